The van der Waals surface area contributed by atoms with Gasteiger partial charge in [-0.15, -0.1) is 0 Å². The van der Waals surface area contributed by atoms with Crippen LogP contribution in [0.15, 0.2) is 42.5 Å². The average molecular weight is 425 g/mol. The van der Waals surface area contributed by atoms with Crippen LogP contribution in [-0.4, -0.2) is 37.5 Å². The van der Waals surface area contributed by atoms with E-state index in [1.807, 2.05) is 24.3 Å². The standard InChI is InChI=1S/C24H27NO6/c1-3-16(2)17-4-7-19(8-5-17)25-23(27)15-31-24(28)11-9-20(26)18-6-10-21-22(14-18)30-13-12-29-21/h4-8,10,14,16H,3,9,11-13,15H2,1-2H3,(H,25,27). The Kier molecular flexibility index (Phi) is 7.65. The maximum absolute atomic E-state index is 12.3. The SMILES string of the molecule is CCC(C)c1ccc(NC(=O)COC(=O)CCC(=O)c2ccc3c(c2)OCCO3)cc1. The number of ketones is 1. The van der Waals surface area contributed by atoms with E-state index in [9.17, 15) is 14.4 Å². The van der Waals surface area contributed by atoms with E-state index in [2.05, 4.69) is 19.2 Å². The molecule has 1 aliphatic rings. The number of carbonyl (C=O) groups excluding carboxylic acids is 3. The Morgan fingerprint density at radius 3 is 2.42 bits per heavy atom. The molecule has 3 rings (SSSR count). The van der Waals surface area contributed by atoms with E-state index < -0.39 is 18.5 Å². The Balaban J connectivity index is 1.40. The summed E-state index contributed by atoms with van der Waals surface area (Å²) in [6.45, 7) is 4.78. The number of esters is 1. The lowest BCUT2D eigenvalue weighted by Crippen LogP contribution is -2.21. The minimum atomic E-state index is -0.604. The third kappa shape index (κ3) is 6.31. The predicted molar refractivity (Wildman–Crippen MR) is 116 cm³/mol. The number of carbonyl (C=O) groups is 3. The monoisotopic (exact) mass is 425 g/mol. The Hall–Kier alpha value is -3.35. The van der Waals surface area contributed by atoms with Gasteiger partial charge in [-0.3, -0.25) is 14.4 Å². The maximum Gasteiger partial charge on any atom is 0.306 e. The summed E-state index contributed by atoms with van der Waals surface area (Å²) >= 11 is 0. The quantitative estimate of drug-likeness (QED) is 0.480. The molecule has 1 heterocycles. The lowest BCUT2D eigenvalue weighted by molar-refractivity contribution is -0.147. The summed E-state index contributed by atoms with van der Waals surface area (Å²) in [5.74, 6) is 0.336. The number of Topliss-reactive ketones (excluding diaryl/α,β-unsaturated/α-hetero) is 1. The molecule has 0 bridgehead atoms. The van der Waals surface area contributed by atoms with Crippen molar-refractivity contribution in [3.8, 4) is 11.5 Å². The van der Waals surface area contributed by atoms with Gasteiger partial charge in [0.25, 0.3) is 5.91 Å². The van der Waals surface area contributed by atoms with Gasteiger partial charge in [0.05, 0.1) is 6.42 Å². The zero-order chi connectivity index (χ0) is 22.2. The lowest BCUT2D eigenvalue weighted by atomic mass is 9.99. The first-order valence-corrected chi connectivity index (χ1v) is 10.4. The summed E-state index contributed by atoms with van der Waals surface area (Å²) in [5, 5.41) is 2.69. The van der Waals surface area contributed by atoms with E-state index in [-0.39, 0.29) is 18.6 Å². The first kappa shape index (κ1) is 22.3. The summed E-state index contributed by atoms with van der Waals surface area (Å²) in [6, 6.07) is 12.5. The molecule has 0 saturated heterocycles. The van der Waals surface area contributed by atoms with Gasteiger partial charge in [0.2, 0.25) is 0 Å². The molecular formula is C24H27NO6. The van der Waals surface area contributed by atoms with Crippen molar-refractivity contribution in [1.82, 2.24) is 0 Å². The van der Waals surface area contributed by atoms with Crippen LogP contribution in [-0.2, 0) is 14.3 Å². The van der Waals surface area contributed by atoms with E-state index in [4.69, 9.17) is 14.2 Å². The number of benzene rings is 2. The summed E-state index contributed by atoms with van der Waals surface area (Å²) in [6.07, 6.45) is 0.917. The highest BCUT2D eigenvalue weighted by Crippen LogP contribution is 2.31. The zero-order valence-corrected chi connectivity index (χ0v) is 17.8. The molecule has 1 N–H and O–H groups in total. The molecule has 1 amide bonds. The van der Waals surface area contributed by atoms with E-state index in [1.54, 1.807) is 18.2 Å². The van der Waals surface area contributed by atoms with Crippen LogP contribution >= 0.6 is 0 Å². The second kappa shape index (κ2) is 10.6. The molecule has 7 nitrogen and oxygen atoms in total. The lowest BCUT2D eigenvalue weighted by Gasteiger charge is -2.18. The number of rotatable bonds is 9. The Bertz CT molecular complexity index is 938. The smallest absolute Gasteiger partial charge is 0.306 e. The van der Waals surface area contributed by atoms with Crippen LogP contribution in [0.25, 0.3) is 0 Å². The van der Waals surface area contributed by atoms with E-state index in [1.165, 1.54) is 5.56 Å². The van der Waals surface area contributed by atoms with E-state index in [0.29, 0.717) is 41.9 Å². The van der Waals surface area contributed by atoms with Crippen LogP contribution in [0.5, 0.6) is 11.5 Å². The Morgan fingerprint density at radius 1 is 1.00 bits per heavy atom. The Morgan fingerprint density at radius 2 is 1.71 bits per heavy atom. The van der Waals surface area contributed by atoms with Crippen molar-refractivity contribution < 1.29 is 28.6 Å². The van der Waals surface area contributed by atoms with Crippen LogP contribution in [0, 0.1) is 0 Å². The molecule has 0 aliphatic carbocycles. The highest BCUT2D eigenvalue weighted by molar-refractivity contribution is 5.98. The summed E-state index contributed by atoms with van der Waals surface area (Å²) < 4.78 is 15.9. The van der Waals surface area contributed by atoms with Gasteiger partial charge in [-0.25, -0.2) is 0 Å². The number of anilines is 1. The molecule has 1 unspecified atom stereocenters. The van der Waals surface area contributed by atoms with Crippen molar-refractivity contribution in [1.29, 1.82) is 0 Å². The second-order valence-electron chi connectivity index (χ2n) is 7.42. The molecule has 0 saturated carbocycles. The first-order chi connectivity index (χ1) is 15.0. The van der Waals surface area contributed by atoms with Gasteiger partial charge in [-0.1, -0.05) is 26.0 Å². The first-order valence-electron chi connectivity index (χ1n) is 10.4. The molecule has 0 aromatic heterocycles. The van der Waals surface area contributed by atoms with Crippen molar-refractivity contribution in [2.24, 2.45) is 0 Å². The van der Waals surface area contributed by atoms with Crippen molar-refractivity contribution in [3.63, 3.8) is 0 Å². The number of hydrogen-bond acceptors (Lipinski definition) is 6. The number of ether oxygens (including phenoxy) is 3. The number of hydrogen-bond donors (Lipinski definition) is 1. The van der Waals surface area contributed by atoms with Gasteiger partial charge >= 0.3 is 5.97 Å². The molecule has 0 radical (unpaired) electrons. The number of fused-ring (bicyclic) bond motifs is 1. The van der Waals surface area contributed by atoms with Crippen LogP contribution in [0.2, 0.25) is 0 Å². The minimum Gasteiger partial charge on any atom is -0.486 e. The summed E-state index contributed by atoms with van der Waals surface area (Å²) in [7, 11) is 0. The number of amides is 1. The van der Waals surface area contributed by atoms with Gasteiger partial charge in [-0.05, 0) is 48.2 Å². The number of nitrogens with one attached hydrogen (secondary N) is 1. The molecule has 31 heavy (non-hydrogen) atoms. The fourth-order valence-corrected chi connectivity index (χ4v) is 3.12. The molecule has 2 aromatic carbocycles. The van der Waals surface area contributed by atoms with Gasteiger partial charge in [0, 0.05) is 17.7 Å². The van der Waals surface area contributed by atoms with Crippen molar-refractivity contribution in [2.45, 2.75) is 39.0 Å². The van der Waals surface area contributed by atoms with Gasteiger partial charge < -0.3 is 19.5 Å². The minimum absolute atomic E-state index is 0.0167. The molecule has 1 atom stereocenters. The van der Waals surface area contributed by atoms with Gasteiger partial charge in [-0.2, -0.15) is 0 Å². The highest BCUT2D eigenvalue weighted by atomic mass is 16.6. The van der Waals surface area contributed by atoms with Crippen molar-refractivity contribution in [2.75, 3.05) is 25.1 Å². The second-order valence-corrected chi connectivity index (χ2v) is 7.42. The molecule has 0 spiro atoms. The van der Waals surface area contributed by atoms with E-state index in [0.717, 1.165) is 6.42 Å². The van der Waals surface area contributed by atoms with Crippen molar-refractivity contribution >= 4 is 23.3 Å². The normalized spacial score (nSPS) is 13.2. The van der Waals surface area contributed by atoms with Gasteiger partial charge in [0.1, 0.15) is 13.2 Å². The van der Waals surface area contributed by atoms with Crippen LogP contribution in [0.3, 0.4) is 0 Å². The zero-order valence-electron chi connectivity index (χ0n) is 17.8. The summed E-state index contributed by atoms with van der Waals surface area (Å²) in [5.41, 5.74) is 2.28. The highest BCUT2D eigenvalue weighted by Gasteiger charge is 2.16. The molecular weight excluding hydrogens is 398 g/mol. The van der Waals surface area contributed by atoms with E-state index >= 15 is 0 Å². The van der Waals surface area contributed by atoms with Crippen LogP contribution in [0.4, 0.5) is 5.69 Å². The maximum atomic E-state index is 12.3. The fraction of sp³-hybridized carbons (Fsp3) is 0.375. The predicted octanol–water partition coefficient (Wildman–Crippen LogP) is 4.12. The molecule has 164 valence electrons. The molecule has 2 aromatic rings. The fourth-order valence-electron chi connectivity index (χ4n) is 3.12. The van der Waals surface area contributed by atoms with Crippen LogP contribution in [0.1, 0.15) is 54.9 Å². The van der Waals surface area contributed by atoms with Crippen LogP contribution < -0.4 is 14.8 Å². The molecule has 7 heteroatoms. The Labute approximate surface area is 181 Å². The third-order valence-corrected chi connectivity index (χ3v) is 5.16. The topological polar surface area (TPSA) is 90.9 Å². The third-order valence-electron chi connectivity index (χ3n) is 5.16. The molecule has 0 fully saturated rings. The van der Waals surface area contributed by atoms with Gasteiger partial charge in [0.15, 0.2) is 23.9 Å². The van der Waals surface area contributed by atoms with Crippen molar-refractivity contribution in [3.05, 3.63) is 53.6 Å². The average Bonchev–Trinajstić information content (AvgIpc) is 2.80. The molecule has 1 aliphatic heterocycles. The summed E-state index contributed by atoms with van der Waals surface area (Å²) in [4.78, 5) is 36.3. The largest absolute Gasteiger partial charge is 0.486 e.